The fourth-order valence-corrected chi connectivity index (χ4v) is 1.79. The number of hydrogen-bond donors (Lipinski definition) is 1. The number of ether oxygens (including phenoxy) is 2. The van der Waals surface area contributed by atoms with Gasteiger partial charge in [-0.15, -0.1) is 0 Å². The second-order valence-electron chi connectivity index (χ2n) is 4.46. The summed E-state index contributed by atoms with van der Waals surface area (Å²) < 4.78 is 11.4. The van der Waals surface area contributed by atoms with Gasteiger partial charge in [-0.1, -0.05) is 19.1 Å². The van der Waals surface area contributed by atoms with Crippen LogP contribution in [0.15, 0.2) is 24.3 Å². The second kappa shape index (κ2) is 6.50. The lowest BCUT2D eigenvalue weighted by Gasteiger charge is -2.26. The molecule has 0 bridgehead atoms. The normalized spacial score (nSPS) is 15.4. The fraction of sp³-hybridized carbons (Fsp3) is 0.571. The first-order chi connectivity index (χ1) is 8.40. The first-order valence-electron chi connectivity index (χ1n) is 6.45. The Bertz CT molecular complexity index is 337. The molecule has 0 atom stereocenters. The predicted molar refractivity (Wildman–Crippen MR) is 68.7 cm³/mol. The maximum absolute atomic E-state index is 5.79. The molecule has 1 aliphatic rings. The van der Waals surface area contributed by atoms with Crippen LogP contribution in [0.3, 0.4) is 0 Å². The first kappa shape index (κ1) is 12.2. The summed E-state index contributed by atoms with van der Waals surface area (Å²) in [6.45, 7) is 5.90. The van der Waals surface area contributed by atoms with Crippen LogP contribution in [0.1, 0.15) is 19.8 Å². The number of para-hydroxylation sites is 2. The van der Waals surface area contributed by atoms with E-state index in [9.17, 15) is 0 Å². The van der Waals surface area contributed by atoms with Crippen molar-refractivity contribution in [2.75, 3.05) is 26.3 Å². The average molecular weight is 235 g/mol. The van der Waals surface area contributed by atoms with Crippen LogP contribution in [0.4, 0.5) is 0 Å². The summed E-state index contributed by atoms with van der Waals surface area (Å²) in [6.07, 6.45) is 2.14. The zero-order valence-electron chi connectivity index (χ0n) is 10.4. The molecule has 1 heterocycles. The van der Waals surface area contributed by atoms with Crippen LogP contribution in [-0.4, -0.2) is 26.3 Å². The minimum Gasteiger partial charge on any atom is -0.490 e. The molecule has 1 fully saturated rings. The highest BCUT2D eigenvalue weighted by Gasteiger charge is 2.16. The SMILES string of the molecule is CCCOc1ccccc1OCCC1CNC1. The first-order valence-corrected chi connectivity index (χ1v) is 6.45. The lowest BCUT2D eigenvalue weighted by molar-refractivity contribution is 0.225. The van der Waals surface area contributed by atoms with Gasteiger partial charge in [0.25, 0.3) is 0 Å². The van der Waals surface area contributed by atoms with Crippen molar-refractivity contribution < 1.29 is 9.47 Å². The molecule has 0 unspecified atom stereocenters. The Kier molecular flexibility index (Phi) is 4.68. The number of rotatable bonds is 7. The van der Waals surface area contributed by atoms with Crippen LogP contribution in [0.2, 0.25) is 0 Å². The summed E-state index contributed by atoms with van der Waals surface area (Å²) in [6, 6.07) is 7.91. The second-order valence-corrected chi connectivity index (χ2v) is 4.46. The Morgan fingerprint density at radius 1 is 1.12 bits per heavy atom. The lowest BCUT2D eigenvalue weighted by Crippen LogP contribution is -2.42. The van der Waals surface area contributed by atoms with Crippen LogP contribution in [0, 0.1) is 5.92 Å². The molecule has 3 heteroatoms. The molecule has 0 aromatic heterocycles. The van der Waals surface area contributed by atoms with Gasteiger partial charge < -0.3 is 14.8 Å². The van der Waals surface area contributed by atoms with Crippen LogP contribution in [-0.2, 0) is 0 Å². The largest absolute Gasteiger partial charge is 0.490 e. The number of nitrogens with one attached hydrogen (secondary N) is 1. The predicted octanol–water partition coefficient (Wildman–Crippen LogP) is 2.46. The van der Waals surface area contributed by atoms with Gasteiger partial charge in [0.2, 0.25) is 0 Å². The molecule has 0 amide bonds. The summed E-state index contributed by atoms with van der Waals surface area (Å²) in [5, 5.41) is 3.27. The van der Waals surface area contributed by atoms with Crippen molar-refractivity contribution in [3.63, 3.8) is 0 Å². The molecule has 94 valence electrons. The maximum Gasteiger partial charge on any atom is 0.161 e. The van der Waals surface area contributed by atoms with E-state index in [1.807, 2.05) is 24.3 Å². The van der Waals surface area contributed by atoms with Crippen molar-refractivity contribution in [2.45, 2.75) is 19.8 Å². The van der Waals surface area contributed by atoms with E-state index in [4.69, 9.17) is 9.47 Å². The standard InChI is InChI=1S/C14H21NO2/c1-2-8-16-13-5-3-4-6-14(13)17-9-7-12-10-15-11-12/h3-6,12,15H,2,7-11H2,1H3. The Hall–Kier alpha value is -1.22. The number of hydrogen-bond acceptors (Lipinski definition) is 3. The fourth-order valence-electron chi connectivity index (χ4n) is 1.79. The van der Waals surface area contributed by atoms with Crippen LogP contribution < -0.4 is 14.8 Å². The van der Waals surface area contributed by atoms with Gasteiger partial charge in [0.05, 0.1) is 13.2 Å². The van der Waals surface area contributed by atoms with Crippen molar-refractivity contribution in [3.05, 3.63) is 24.3 Å². The smallest absolute Gasteiger partial charge is 0.161 e. The zero-order valence-corrected chi connectivity index (χ0v) is 10.4. The summed E-state index contributed by atoms with van der Waals surface area (Å²) in [5.41, 5.74) is 0. The molecule has 2 rings (SSSR count). The molecule has 0 aliphatic carbocycles. The Morgan fingerprint density at radius 2 is 1.76 bits per heavy atom. The highest BCUT2D eigenvalue weighted by atomic mass is 16.5. The van der Waals surface area contributed by atoms with Gasteiger partial charge in [0.1, 0.15) is 0 Å². The Labute approximate surface area is 103 Å². The lowest BCUT2D eigenvalue weighted by atomic mass is 10.0. The van der Waals surface area contributed by atoms with Gasteiger partial charge in [0.15, 0.2) is 11.5 Å². The topological polar surface area (TPSA) is 30.5 Å². The van der Waals surface area contributed by atoms with Gasteiger partial charge in [-0.05, 0) is 44.0 Å². The van der Waals surface area contributed by atoms with E-state index in [1.165, 1.54) is 0 Å². The van der Waals surface area contributed by atoms with Gasteiger partial charge >= 0.3 is 0 Å². The van der Waals surface area contributed by atoms with Crippen molar-refractivity contribution in [1.29, 1.82) is 0 Å². The maximum atomic E-state index is 5.79. The van der Waals surface area contributed by atoms with E-state index in [2.05, 4.69) is 12.2 Å². The highest BCUT2D eigenvalue weighted by Crippen LogP contribution is 2.27. The molecule has 17 heavy (non-hydrogen) atoms. The van der Waals surface area contributed by atoms with Gasteiger partial charge in [-0.2, -0.15) is 0 Å². The third kappa shape index (κ3) is 3.63. The molecular weight excluding hydrogens is 214 g/mol. The van der Waals surface area contributed by atoms with E-state index < -0.39 is 0 Å². The highest BCUT2D eigenvalue weighted by molar-refractivity contribution is 5.39. The Balaban J connectivity index is 1.80. The Morgan fingerprint density at radius 3 is 2.29 bits per heavy atom. The van der Waals surface area contributed by atoms with Crippen LogP contribution in [0.5, 0.6) is 11.5 Å². The molecule has 0 saturated carbocycles. The third-order valence-electron chi connectivity index (χ3n) is 2.96. The third-order valence-corrected chi connectivity index (χ3v) is 2.96. The molecule has 3 nitrogen and oxygen atoms in total. The molecule has 1 aliphatic heterocycles. The van der Waals surface area contributed by atoms with E-state index in [-0.39, 0.29) is 0 Å². The molecule has 0 spiro atoms. The average Bonchev–Trinajstić information content (AvgIpc) is 2.31. The van der Waals surface area contributed by atoms with Crippen molar-refractivity contribution >= 4 is 0 Å². The summed E-state index contributed by atoms with van der Waals surface area (Å²) in [5.74, 6) is 2.52. The minimum atomic E-state index is 0.743. The van der Waals surface area contributed by atoms with Gasteiger partial charge in [-0.25, -0.2) is 0 Å². The monoisotopic (exact) mass is 235 g/mol. The van der Waals surface area contributed by atoms with E-state index in [1.54, 1.807) is 0 Å². The van der Waals surface area contributed by atoms with Crippen LogP contribution >= 0.6 is 0 Å². The van der Waals surface area contributed by atoms with E-state index in [0.717, 1.165) is 56.6 Å². The molecule has 1 N–H and O–H groups in total. The van der Waals surface area contributed by atoms with E-state index >= 15 is 0 Å². The van der Waals surface area contributed by atoms with Crippen molar-refractivity contribution in [1.82, 2.24) is 5.32 Å². The zero-order chi connectivity index (χ0) is 11.9. The summed E-state index contributed by atoms with van der Waals surface area (Å²) >= 11 is 0. The van der Waals surface area contributed by atoms with Gasteiger partial charge in [0, 0.05) is 0 Å². The van der Waals surface area contributed by atoms with E-state index in [0.29, 0.717) is 0 Å². The minimum absolute atomic E-state index is 0.743. The van der Waals surface area contributed by atoms with Crippen LogP contribution in [0.25, 0.3) is 0 Å². The molecular formula is C14H21NO2. The molecule has 1 saturated heterocycles. The quantitative estimate of drug-likeness (QED) is 0.787. The molecule has 1 aromatic rings. The van der Waals surface area contributed by atoms with Crippen molar-refractivity contribution in [2.24, 2.45) is 5.92 Å². The summed E-state index contributed by atoms with van der Waals surface area (Å²) in [7, 11) is 0. The molecule has 1 aromatic carbocycles. The summed E-state index contributed by atoms with van der Waals surface area (Å²) in [4.78, 5) is 0. The van der Waals surface area contributed by atoms with Crippen molar-refractivity contribution in [3.8, 4) is 11.5 Å². The number of benzene rings is 1. The van der Waals surface area contributed by atoms with Gasteiger partial charge in [-0.3, -0.25) is 0 Å². The molecule has 0 radical (unpaired) electrons.